The Morgan fingerprint density at radius 3 is 2.81 bits per heavy atom. The maximum absolute atomic E-state index is 13.7. The smallest absolute Gasteiger partial charge is 0.167 e. The Kier molecular flexibility index (Phi) is 3.29. The van der Waals surface area contributed by atoms with Crippen LogP contribution in [0.5, 0.6) is 0 Å². The first kappa shape index (κ1) is 14.1. The summed E-state index contributed by atoms with van der Waals surface area (Å²) in [7, 11) is 0. The minimum Gasteiger partial charge on any atom is -0.394 e. The highest BCUT2D eigenvalue weighted by atomic mass is 19.1. The van der Waals surface area contributed by atoms with Crippen LogP contribution in [0.2, 0.25) is 0 Å². The van der Waals surface area contributed by atoms with Gasteiger partial charge in [0.1, 0.15) is 36.8 Å². The average molecular weight is 298 g/mol. The summed E-state index contributed by atoms with van der Waals surface area (Å²) in [6.45, 7) is -1.64. The summed E-state index contributed by atoms with van der Waals surface area (Å²) in [6, 6.07) is 3.06. The highest BCUT2D eigenvalue weighted by Gasteiger charge is 2.56. The fraction of sp³-hybridized carbons (Fsp3) is 0.500. The predicted molar refractivity (Wildman–Crippen MR) is 69.0 cm³/mol. The number of alkyl halides is 1. The molecule has 114 valence electrons. The average Bonchev–Trinajstić information content (AvgIpc) is 3.03. The molecule has 4 atom stereocenters. The van der Waals surface area contributed by atoms with Gasteiger partial charge in [-0.2, -0.15) is 5.10 Å². The zero-order valence-corrected chi connectivity index (χ0v) is 10.9. The largest absolute Gasteiger partial charge is 0.394 e. The van der Waals surface area contributed by atoms with Gasteiger partial charge in [0.2, 0.25) is 0 Å². The van der Waals surface area contributed by atoms with Crippen LogP contribution in [-0.2, 0) is 10.3 Å². The zero-order chi connectivity index (χ0) is 15.2. The van der Waals surface area contributed by atoms with Gasteiger partial charge in [-0.1, -0.05) is 0 Å². The number of hydrogen-bond acceptors (Lipinski definition) is 7. The molecule has 1 saturated heterocycles. The first-order chi connectivity index (χ1) is 10.0. The number of ether oxygens (including phenoxy) is 1. The van der Waals surface area contributed by atoms with Crippen molar-refractivity contribution in [1.82, 2.24) is 14.6 Å². The molecule has 21 heavy (non-hydrogen) atoms. The summed E-state index contributed by atoms with van der Waals surface area (Å²) in [4.78, 5) is 3.82. The van der Waals surface area contributed by atoms with E-state index in [2.05, 4.69) is 10.1 Å². The third-order valence-electron chi connectivity index (χ3n) is 3.84. The summed E-state index contributed by atoms with van der Waals surface area (Å²) >= 11 is 0. The molecule has 0 radical (unpaired) electrons. The Morgan fingerprint density at radius 1 is 1.43 bits per heavy atom. The van der Waals surface area contributed by atoms with Gasteiger partial charge in [0.15, 0.2) is 11.4 Å². The number of fused-ring (bicyclic) bond motifs is 1. The molecule has 2 aromatic rings. The lowest BCUT2D eigenvalue weighted by Gasteiger charge is -2.28. The Morgan fingerprint density at radius 2 is 2.19 bits per heavy atom. The van der Waals surface area contributed by atoms with Crippen LogP contribution in [0.1, 0.15) is 5.69 Å². The fourth-order valence-electron chi connectivity index (χ4n) is 2.70. The van der Waals surface area contributed by atoms with E-state index in [1.165, 1.54) is 16.9 Å². The molecule has 8 nitrogen and oxygen atoms in total. The van der Waals surface area contributed by atoms with Gasteiger partial charge in [0, 0.05) is 0 Å². The second-order valence-corrected chi connectivity index (χ2v) is 4.96. The van der Waals surface area contributed by atoms with E-state index < -0.39 is 37.2 Å². The van der Waals surface area contributed by atoms with Crippen LogP contribution in [0, 0.1) is 0 Å². The van der Waals surface area contributed by atoms with Gasteiger partial charge in [-0.3, -0.25) is 0 Å². The quantitative estimate of drug-likeness (QED) is 0.548. The second-order valence-electron chi connectivity index (χ2n) is 4.96. The molecule has 5 N–H and O–H groups in total. The van der Waals surface area contributed by atoms with E-state index >= 15 is 0 Å². The minimum absolute atomic E-state index is 0.191. The molecule has 1 aliphatic rings. The van der Waals surface area contributed by atoms with Gasteiger partial charge in [-0.05, 0) is 12.1 Å². The summed E-state index contributed by atoms with van der Waals surface area (Å²) in [5, 5.41) is 33.2. The lowest BCUT2D eigenvalue weighted by Crippen LogP contribution is -2.43. The molecule has 9 heteroatoms. The van der Waals surface area contributed by atoms with Crippen LogP contribution < -0.4 is 5.73 Å². The van der Waals surface area contributed by atoms with E-state index in [1.54, 1.807) is 6.07 Å². The SMILES string of the molecule is Nc1ncnn2c([C@]3(CF)O[C@H](CO)[C@H](O)C3O)ccc12. The van der Waals surface area contributed by atoms with E-state index in [9.17, 15) is 14.6 Å². The molecule has 0 amide bonds. The van der Waals surface area contributed by atoms with Crippen molar-refractivity contribution in [3.05, 3.63) is 24.2 Å². The number of hydrogen-bond donors (Lipinski definition) is 4. The number of nitrogens with zero attached hydrogens (tertiary/aromatic N) is 3. The highest BCUT2D eigenvalue weighted by Crippen LogP contribution is 2.41. The molecule has 1 unspecified atom stereocenters. The predicted octanol–water partition coefficient (Wildman–Crippen LogP) is -1.41. The Hall–Kier alpha value is -1.81. The van der Waals surface area contributed by atoms with Crippen LogP contribution in [-0.4, -0.2) is 61.5 Å². The maximum Gasteiger partial charge on any atom is 0.167 e. The van der Waals surface area contributed by atoms with Gasteiger partial charge in [0.05, 0.1) is 12.3 Å². The number of nitrogen functional groups attached to an aromatic ring is 1. The maximum atomic E-state index is 13.7. The normalized spacial score (nSPS) is 32.9. The standard InChI is InChI=1S/C12H15FN4O4/c13-4-12(10(20)9(19)7(3-18)21-12)8-2-1-6-11(14)15-5-16-17(6)8/h1-2,5,7,9-10,18-20H,3-4H2,(H2,14,15,16)/t7-,9+,10?,12+/m1/s1. The van der Waals surface area contributed by atoms with E-state index in [0.717, 1.165) is 0 Å². The third kappa shape index (κ3) is 1.82. The molecular weight excluding hydrogens is 283 g/mol. The van der Waals surface area contributed by atoms with E-state index in [1.807, 2.05) is 0 Å². The van der Waals surface area contributed by atoms with Crippen LogP contribution in [0.3, 0.4) is 0 Å². The number of anilines is 1. The number of nitrogens with two attached hydrogens (primary N) is 1. The van der Waals surface area contributed by atoms with Crippen LogP contribution >= 0.6 is 0 Å². The minimum atomic E-state index is -1.82. The Bertz CT molecular complexity index is 666. The van der Waals surface area contributed by atoms with Crippen molar-refractivity contribution in [2.75, 3.05) is 19.0 Å². The van der Waals surface area contributed by atoms with Crippen molar-refractivity contribution < 1.29 is 24.4 Å². The molecule has 0 aliphatic carbocycles. The van der Waals surface area contributed by atoms with E-state index in [4.69, 9.17) is 15.6 Å². The van der Waals surface area contributed by atoms with Crippen molar-refractivity contribution in [3.63, 3.8) is 0 Å². The fourth-order valence-corrected chi connectivity index (χ4v) is 2.70. The molecule has 0 bridgehead atoms. The molecular formula is C12H15FN4O4. The van der Waals surface area contributed by atoms with Crippen molar-refractivity contribution in [1.29, 1.82) is 0 Å². The zero-order valence-electron chi connectivity index (χ0n) is 10.9. The molecule has 1 aliphatic heterocycles. The molecule has 3 rings (SSSR count). The van der Waals surface area contributed by atoms with Gasteiger partial charge in [-0.25, -0.2) is 13.9 Å². The number of aliphatic hydroxyl groups excluding tert-OH is 3. The van der Waals surface area contributed by atoms with Gasteiger partial charge < -0.3 is 25.8 Å². The van der Waals surface area contributed by atoms with Crippen molar-refractivity contribution in [2.45, 2.75) is 23.9 Å². The Balaban J connectivity index is 2.17. The number of rotatable bonds is 3. The van der Waals surface area contributed by atoms with Crippen LogP contribution in [0.25, 0.3) is 5.52 Å². The van der Waals surface area contributed by atoms with E-state index in [0.29, 0.717) is 5.52 Å². The number of halogens is 1. The van der Waals surface area contributed by atoms with Crippen molar-refractivity contribution in [3.8, 4) is 0 Å². The van der Waals surface area contributed by atoms with Crippen molar-refractivity contribution >= 4 is 11.3 Å². The summed E-state index contributed by atoms with van der Waals surface area (Å²) < 4.78 is 20.4. The summed E-state index contributed by atoms with van der Waals surface area (Å²) in [6.07, 6.45) is -2.84. The topological polar surface area (TPSA) is 126 Å². The number of aromatic nitrogens is 3. The molecule has 0 aromatic carbocycles. The van der Waals surface area contributed by atoms with E-state index in [-0.39, 0.29) is 11.5 Å². The van der Waals surface area contributed by atoms with Crippen molar-refractivity contribution in [2.24, 2.45) is 0 Å². The lowest BCUT2D eigenvalue weighted by atomic mass is 9.92. The molecule has 2 aromatic heterocycles. The van der Waals surface area contributed by atoms with Gasteiger partial charge in [0.25, 0.3) is 0 Å². The first-order valence-corrected chi connectivity index (χ1v) is 6.34. The molecule has 1 fully saturated rings. The third-order valence-corrected chi connectivity index (χ3v) is 3.84. The second kappa shape index (κ2) is 4.88. The van der Waals surface area contributed by atoms with Gasteiger partial charge in [-0.15, -0.1) is 0 Å². The van der Waals surface area contributed by atoms with Crippen LogP contribution in [0.15, 0.2) is 18.5 Å². The number of aliphatic hydroxyl groups is 3. The Labute approximate surface area is 118 Å². The van der Waals surface area contributed by atoms with Gasteiger partial charge >= 0.3 is 0 Å². The first-order valence-electron chi connectivity index (χ1n) is 6.34. The molecule has 3 heterocycles. The highest BCUT2D eigenvalue weighted by molar-refractivity contribution is 5.65. The monoisotopic (exact) mass is 298 g/mol. The summed E-state index contributed by atoms with van der Waals surface area (Å²) in [5.41, 5.74) is 4.51. The lowest BCUT2D eigenvalue weighted by molar-refractivity contribution is -0.113. The van der Waals surface area contributed by atoms with Crippen LogP contribution in [0.4, 0.5) is 10.2 Å². The molecule has 0 spiro atoms. The summed E-state index contributed by atoms with van der Waals surface area (Å²) in [5.74, 6) is 0.192. The molecule has 0 saturated carbocycles.